The van der Waals surface area contributed by atoms with Gasteiger partial charge in [0.1, 0.15) is 5.69 Å². The third-order valence-electron chi connectivity index (χ3n) is 5.74. The zero-order valence-electron chi connectivity index (χ0n) is 16.7. The summed E-state index contributed by atoms with van der Waals surface area (Å²) in [5.41, 5.74) is -0.0306. The van der Waals surface area contributed by atoms with Gasteiger partial charge in [0, 0.05) is 30.2 Å². The molecule has 0 radical (unpaired) electrons. The Balaban J connectivity index is 1.48. The van der Waals surface area contributed by atoms with Gasteiger partial charge in [0.2, 0.25) is 0 Å². The number of nitrogens with zero attached hydrogens (tertiary/aromatic N) is 2. The number of hydrogen-bond acceptors (Lipinski definition) is 4. The fourth-order valence-corrected chi connectivity index (χ4v) is 5.04. The van der Waals surface area contributed by atoms with Crippen molar-refractivity contribution in [2.45, 2.75) is 43.9 Å². The molecule has 0 bridgehead atoms. The van der Waals surface area contributed by atoms with E-state index in [1.165, 1.54) is 11.3 Å². The Bertz CT molecular complexity index is 1090. The van der Waals surface area contributed by atoms with E-state index in [2.05, 4.69) is 10.3 Å². The molecule has 2 aromatic heterocycles. The van der Waals surface area contributed by atoms with Crippen molar-refractivity contribution in [3.63, 3.8) is 0 Å². The number of aromatic nitrogens is 1. The molecule has 9 heteroatoms. The van der Waals surface area contributed by atoms with Crippen molar-refractivity contribution in [1.29, 1.82) is 0 Å². The largest absolute Gasteiger partial charge is 0.433 e. The van der Waals surface area contributed by atoms with Crippen molar-refractivity contribution in [3.8, 4) is 0 Å². The van der Waals surface area contributed by atoms with E-state index in [1.807, 2.05) is 11.9 Å². The van der Waals surface area contributed by atoms with E-state index in [-0.39, 0.29) is 18.0 Å². The molecule has 1 N–H and O–H groups in total. The first-order valence-electron chi connectivity index (χ1n) is 9.98. The van der Waals surface area contributed by atoms with Gasteiger partial charge in [0.15, 0.2) is 0 Å². The van der Waals surface area contributed by atoms with Crippen LogP contribution in [-0.2, 0) is 6.18 Å². The van der Waals surface area contributed by atoms with Gasteiger partial charge in [0.05, 0.1) is 14.7 Å². The predicted octanol–water partition coefficient (Wildman–Crippen LogP) is 6.15. The lowest BCUT2D eigenvalue weighted by Gasteiger charge is -2.36. The molecular weight excluding hydrogens is 447 g/mol. The molecule has 1 aliphatic carbocycles. The summed E-state index contributed by atoms with van der Waals surface area (Å²) in [5.74, 6) is -0.136. The Kier molecular flexibility index (Phi) is 6.12. The Morgan fingerprint density at radius 1 is 1.16 bits per heavy atom. The Labute approximate surface area is 187 Å². The van der Waals surface area contributed by atoms with E-state index >= 15 is 0 Å². The van der Waals surface area contributed by atoms with Gasteiger partial charge in [-0.25, -0.2) is 4.98 Å². The predicted molar refractivity (Wildman–Crippen MR) is 118 cm³/mol. The van der Waals surface area contributed by atoms with Crippen LogP contribution in [0.3, 0.4) is 0 Å². The number of amides is 1. The Morgan fingerprint density at radius 3 is 2.52 bits per heavy atom. The molecule has 2 heterocycles. The van der Waals surface area contributed by atoms with E-state index in [9.17, 15) is 18.0 Å². The van der Waals surface area contributed by atoms with Crippen molar-refractivity contribution in [1.82, 2.24) is 10.3 Å². The van der Waals surface area contributed by atoms with Crippen LogP contribution in [0.2, 0.25) is 4.34 Å². The molecule has 0 aliphatic heterocycles. The molecule has 0 atom stereocenters. The minimum atomic E-state index is -4.51. The van der Waals surface area contributed by atoms with Gasteiger partial charge in [-0.1, -0.05) is 29.8 Å². The number of benzene rings is 1. The maximum absolute atomic E-state index is 13.4. The zero-order valence-corrected chi connectivity index (χ0v) is 18.3. The van der Waals surface area contributed by atoms with Crippen LogP contribution in [0.1, 0.15) is 41.0 Å². The minimum Gasteiger partial charge on any atom is -0.371 e. The topological polar surface area (TPSA) is 45.2 Å². The number of carbonyl (C=O) groups excluding carboxylic acids is 1. The molecule has 0 spiro atoms. The summed E-state index contributed by atoms with van der Waals surface area (Å²) in [6.07, 6.45) is -1.45. The lowest BCUT2D eigenvalue weighted by Crippen LogP contribution is -2.42. The molecule has 3 aromatic rings. The number of anilines is 1. The molecule has 4 rings (SSSR count). The Morgan fingerprint density at radius 2 is 1.87 bits per heavy atom. The molecule has 164 valence electrons. The average molecular weight is 468 g/mol. The summed E-state index contributed by atoms with van der Waals surface area (Å²) in [6, 6.07) is 11.5. The highest BCUT2D eigenvalue weighted by atomic mass is 35.5. The molecular formula is C22H21ClF3N3OS. The lowest BCUT2D eigenvalue weighted by molar-refractivity contribution is -0.140. The van der Waals surface area contributed by atoms with Gasteiger partial charge in [-0.15, -0.1) is 11.3 Å². The first-order valence-corrected chi connectivity index (χ1v) is 11.2. The highest BCUT2D eigenvalue weighted by molar-refractivity contribution is 7.18. The smallest absolute Gasteiger partial charge is 0.371 e. The number of thiophene rings is 1. The van der Waals surface area contributed by atoms with E-state index in [0.717, 1.165) is 31.7 Å². The van der Waals surface area contributed by atoms with E-state index < -0.39 is 11.9 Å². The Hall–Kier alpha value is -2.32. The minimum absolute atomic E-state index is 0.0398. The monoisotopic (exact) mass is 467 g/mol. The number of rotatable bonds is 4. The third-order valence-corrected chi connectivity index (χ3v) is 6.97. The molecule has 1 aliphatic rings. The molecule has 4 nitrogen and oxygen atoms in total. The highest BCUT2D eigenvalue weighted by Crippen LogP contribution is 2.36. The van der Waals surface area contributed by atoms with E-state index in [1.54, 1.807) is 36.4 Å². The fraction of sp³-hybridized carbons (Fsp3) is 0.364. The standard InChI is InChI=1S/C22H21ClF3N3OS/c1-29(17-12-19(22(24,25)26)28-16-5-3-2-4-15(16)17)14-8-6-13(7-9-14)27-21(30)18-10-11-20(23)31-18/h2-5,10-14H,6-9H2,1H3,(H,27,30). The zero-order chi connectivity index (χ0) is 22.2. The maximum atomic E-state index is 13.4. The normalized spacial score (nSPS) is 19.4. The molecule has 0 unspecified atom stereocenters. The van der Waals surface area contributed by atoms with Crippen LogP contribution in [-0.4, -0.2) is 30.0 Å². The van der Waals surface area contributed by atoms with Crippen LogP contribution in [0.5, 0.6) is 0 Å². The summed E-state index contributed by atoms with van der Waals surface area (Å²) >= 11 is 7.14. The van der Waals surface area contributed by atoms with Crippen molar-refractivity contribution in [3.05, 3.63) is 57.4 Å². The number of alkyl halides is 3. The highest BCUT2D eigenvalue weighted by Gasteiger charge is 2.34. The van der Waals surface area contributed by atoms with E-state index in [4.69, 9.17) is 11.6 Å². The van der Waals surface area contributed by atoms with Crippen molar-refractivity contribution in [2.24, 2.45) is 0 Å². The first kappa shape index (κ1) is 21.9. The van der Waals surface area contributed by atoms with Gasteiger partial charge in [-0.2, -0.15) is 13.2 Å². The molecule has 1 amide bonds. The average Bonchev–Trinajstić information content (AvgIpc) is 3.19. The van der Waals surface area contributed by atoms with Crippen LogP contribution in [0.25, 0.3) is 10.9 Å². The lowest BCUT2D eigenvalue weighted by atomic mass is 9.89. The molecule has 1 saturated carbocycles. The van der Waals surface area contributed by atoms with Crippen LogP contribution < -0.4 is 10.2 Å². The number of para-hydroxylation sites is 1. The van der Waals surface area contributed by atoms with Crippen molar-refractivity contribution in [2.75, 3.05) is 11.9 Å². The first-order chi connectivity index (χ1) is 14.7. The number of nitrogens with one attached hydrogen (secondary N) is 1. The van der Waals surface area contributed by atoms with Crippen LogP contribution >= 0.6 is 22.9 Å². The van der Waals surface area contributed by atoms with Gasteiger partial charge >= 0.3 is 6.18 Å². The summed E-state index contributed by atoms with van der Waals surface area (Å²) in [7, 11) is 1.83. The molecule has 1 aromatic carbocycles. The van der Waals surface area contributed by atoms with Crippen LogP contribution in [0, 0.1) is 0 Å². The van der Waals surface area contributed by atoms with Crippen LogP contribution in [0.15, 0.2) is 42.5 Å². The van der Waals surface area contributed by atoms with E-state index in [0.29, 0.717) is 25.8 Å². The molecule has 1 fully saturated rings. The third kappa shape index (κ3) is 4.80. The maximum Gasteiger partial charge on any atom is 0.433 e. The van der Waals surface area contributed by atoms with Gasteiger partial charge in [0.25, 0.3) is 5.91 Å². The number of carbonyl (C=O) groups is 1. The number of halogens is 4. The second-order valence-corrected chi connectivity index (χ2v) is 9.45. The van der Waals surface area contributed by atoms with Gasteiger partial charge in [-0.05, 0) is 49.9 Å². The van der Waals surface area contributed by atoms with Crippen molar-refractivity contribution >= 4 is 45.4 Å². The molecule has 31 heavy (non-hydrogen) atoms. The number of fused-ring (bicyclic) bond motifs is 1. The molecule has 0 saturated heterocycles. The summed E-state index contributed by atoms with van der Waals surface area (Å²) in [4.78, 5) is 18.7. The SMILES string of the molecule is CN(c1cc(C(F)(F)F)nc2ccccc12)C1CCC(NC(=O)c2ccc(Cl)s2)CC1. The number of hydrogen-bond donors (Lipinski definition) is 1. The summed E-state index contributed by atoms with van der Waals surface area (Å²) in [5, 5.41) is 3.74. The summed E-state index contributed by atoms with van der Waals surface area (Å²) < 4.78 is 40.7. The summed E-state index contributed by atoms with van der Waals surface area (Å²) in [6.45, 7) is 0. The quantitative estimate of drug-likeness (QED) is 0.501. The van der Waals surface area contributed by atoms with Crippen molar-refractivity contribution < 1.29 is 18.0 Å². The second kappa shape index (κ2) is 8.67. The van der Waals surface area contributed by atoms with Gasteiger partial charge < -0.3 is 10.2 Å². The fourth-order valence-electron chi connectivity index (χ4n) is 4.09. The number of pyridine rings is 1. The second-order valence-electron chi connectivity index (χ2n) is 7.74. The van der Waals surface area contributed by atoms with Gasteiger partial charge in [-0.3, -0.25) is 4.79 Å². The van der Waals surface area contributed by atoms with Crippen LogP contribution in [0.4, 0.5) is 18.9 Å².